The van der Waals surface area contributed by atoms with Crippen molar-refractivity contribution in [1.29, 1.82) is 0 Å². The van der Waals surface area contributed by atoms with E-state index in [1.54, 1.807) is 0 Å². The summed E-state index contributed by atoms with van der Waals surface area (Å²) in [6.07, 6.45) is 3.63. The SMILES string of the molecule is C=Cc1cc(Br)cc(Br)c1C=C. The molecular formula is C10H8Br2. The zero-order chi connectivity index (χ0) is 9.14. The number of halogens is 2. The van der Waals surface area contributed by atoms with Crippen molar-refractivity contribution in [3.63, 3.8) is 0 Å². The van der Waals surface area contributed by atoms with Gasteiger partial charge in [0.25, 0.3) is 0 Å². The normalized spacial score (nSPS) is 9.50. The third-order valence-electron chi connectivity index (χ3n) is 1.55. The lowest BCUT2D eigenvalue weighted by molar-refractivity contribution is 1.53. The van der Waals surface area contributed by atoms with Gasteiger partial charge in [0.15, 0.2) is 0 Å². The first-order valence-corrected chi connectivity index (χ1v) is 5.01. The molecule has 0 aromatic heterocycles. The third kappa shape index (κ3) is 1.87. The molecule has 0 saturated carbocycles. The molecule has 0 aliphatic heterocycles. The summed E-state index contributed by atoms with van der Waals surface area (Å²) in [6.45, 7) is 7.47. The van der Waals surface area contributed by atoms with Crippen LogP contribution in [0.3, 0.4) is 0 Å². The predicted octanol–water partition coefficient (Wildman–Crippen LogP) is 4.50. The minimum absolute atomic E-state index is 1.03. The predicted molar refractivity (Wildman–Crippen MR) is 62.0 cm³/mol. The average molecular weight is 288 g/mol. The second-order valence-electron chi connectivity index (χ2n) is 2.30. The maximum absolute atomic E-state index is 3.74. The molecule has 2 heteroatoms. The summed E-state index contributed by atoms with van der Waals surface area (Å²) in [5.74, 6) is 0. The van der Waals surface area contributed by atoms with Crippen LogP contribution < -0.4 is 0 Å². The van der Waals surface area contributed by atoms with Crippen molar-refractivity contribution in [2.75, 3.05) is 0 Å². The topological polar surface area (TPSA) is 0 Å². The largest absolute Gasteiger partial charge is 0.0984 e. The molecule has 0 aliphatic rings. The lowest BCUT2D eigenvalue weighted by Crippen LogP contribution is -1.82. The van der Waals surface area contributed by atoms with Gasteiger partial charge in [-0.2, -0.15) is 0 Å². The van der Waals surface area contributed by atoms with Crippen LogP contribution in [0, 0.1) is 0 Å². The second kappa shape index (κ2) is 4.06. The second-order valence-corrected chi connectivity index (χ2v) is 4.07. The van der Waals surface area contributed by atoms with Gasteiger partial charge in [0.2, 0.25) is 0 Å². The fourth-order valence-corrected chi connectivity index (χ4v) is 2.41. The van der Waals surface area contributed by atoms with Crippen LogP contribution in [0.1, 0.15) is 11.1 Å². The van der Waals surface area contributed by atoms with E-state index in [0.29, 0.717) is 0 Å². The van der Waals surface area contributed by atoms with Crippen molar-refractivity contribution in [1.82, 2.24) is 0 Å². The minimum atomic E-state index is 1.03. The van der Waals surface area contributed by atoms with Gasteiger partial charge < -0.3 is 0 Å². The van der Waals surface area contributed by atoms with Crippen LogP contribution in [-0.2, 0) is 0 Å². The first kappa shape index (κ1) is 9.75. The molecular weight excluding hydrogens is 280 g/mol. The molecule has 0 fully saturated rings. The van der Waals surface area contributed by atoms with Crippen molar-refractivity contribution in [2.24, 2.45) is 0 Å². The summed E-state index contributed by atoms with van der Waals surface area (Å²) in [7, 11) is 0. The maximum Gasteiger partial charge on any atom is 0.0264 e. The van der Waals surface area contributed by atoms with E-state index in [1.165, 1.54) is 0 Å². The van der Waals surface area contributed by atoms with E-state index in [9.17, 15) is 0 Å². The van der Waals surface area contributed by atoms with E-state index in [2.05, 4.69) is 45.0 Å². The van der Waals surface area contributed by atoms with Crippen LogP contribution in [0.25, 0.3) is 12.2 Å². The monoisotopic (exact) mass is 286 g/mol. The highest BCUT2D eigenvalue weighted by atomic mass is 79.9. The van der Waals surface area contributed by atoms with Gasteiger partial charge >= 0.3 is 0 Å². The summed E-state index contributed by atoms with van der Waals surface area (Å²) in [6, 6.07) is 4.00. The molecule has 0 amide bonds. The van der Waals surface area contributed by atoms with E-state index in [1.807, 2.05) is 24.3 Å². The van der Waals surface area contributed by atoms with Crippen LogP contribution in [0.15, 0.2) is 34.2 Å². The quantitative estimate of drug-likeness (QED) is 0.751. The van der Waals surface area contributed by atoms with Crippen molar-refractivity contribution < 1.29 is 0 Å². The Bertz CT molecular complexity index is 327. The van der Waals surface area contributed by atoms with E-state index in [-0.39, 0.29) is 0 Å². The standard InChI is InChI=1S/C10H8Br2/c1-3-7-5-8(11)6-10(12)9(7)4-2/h3-6H,1-2H2. The van der Waals surface area contributed by atoms with Crippen molar-refractivity contribution >= 4 is 44.0 Å². The Balaban J connectivity index is 3.43. The fraction of sp³-hybridized carbons (Fsp3) is 0. The Kier molecular flexibility index (Phi) is 3.29. The van der Waals surface area contributed by atoms with E-state index >= 15 is 0 Å². The van der Waals surface area contributed by atoms with Gasteiger partial charge in [-0.1, -0.05) is 57.2 Å². The molecule has 0 aliphatic carbocycles. The number of benzene rings is 1. The highest BCUT2D eigenvalue weighted by Gasteiger charge is 2.01. The van der Waals surface area contributed by atoms with Gasteiger partial charge in [-0.05, 0) is 23.3 Å². The van der Waals surface area contributed by atoms with Crippen LogP contribution in [-0.4, -0.2) is 0 Å². The highest BCUT2D eigenvalue weighted by Crippen LogP contribution is 2.27. The Morgan fingerprint density at radius 3 is 2.25 bits per heavy atom. The molecule has 0 spiro atoms. The van der Waals surface area contributed by atoms with Crippen LogP contribution in [0.4, 0.5) is 0 Å². The summed E-state index contributed by atoms with van der Waals surface area (Å²) >= 11 is 6.85. The average Bonchev–Trinajstić information content (AvgIpc) is 2.03. The molecule has 12 heavy (non-hydrogen) atoms. The molecule has 1 rings (SSSR count). The molecule has 1 aromatic carbocycles. The zero-order valence-electron chi connectivity index (χ0n) is 6.48. The Labute approximate surface area is 89.2 Å². The number of rotatable bonds is 2. The molecule has 0 nitrogen and oxygen atoms in total. The highest BCUT2D eigenvalue weighted by molar-refractivity contribution is 9.11. The smallest absolute Gasteiger partial charge is 0.0264 e. The Hall–Kier alpha value is -0.340. The van der Waals surface area contributed by atoms with Crippen LogP contribution >= 0.6 is 31.9 Å². The maximum atomic E-state index is 3.74. The minimum Gasteiger partial charge on any atom is -0.0984 e. The third-order valence-corrected chi connectivity index (χ3v) is 2.66. The number of hydrogen-bond donors (Lipinski definition) is 0. The van der Waals surface area contributed by atoms with Gasteiger partial charge in [-0.25, -0.2) is 0 Å². The van der Waals surface area contributed by atoms with E-state index in [4.69, 9.17) is 0 Å². The molecule has 0 bridgehead atoms. The number of hydrogen-bond acceptors (Lipinski definition) is 0. The fourth-order valence-electron chi connectivity index (χ4n) is 0.989. The first-order chi connectivity index (χ1) is 5.69. The molecule has 1 aromatic rings. The first-order valence-electron chi connectivity index (χ1n) is 3.43. The molecule has 62 valence electrons. The molecule has 0 unspecified atom stereocenters. The summed E-state index contributed by atoms with van der Waals surface area (Å²) in [5.41, 5.74) is 2.15. The summed E-state index contributed by atoms with van der Waals surface area (Å²) < 4.78 is 2.07. The van der Waals surface area contributed by atoms with E-state index < -0.39 is 0 Å². The van der Waals surface area contributed by atoms with Gasteiger partial charge in [0, 0.05) is 8.95 Å². The zero-order valence-corrected chi connectivity index (χ0v) is 9.65. The molecule has 0 heterocycles. The Morgan fingerprint density at radius 1 is 1.08 bits per heavy atom. The summed E-state index contributed by atoms with van der Waals surface area (Å²) in [4.78, 5) is 0. The van der Waals surface area contributed by atoms with Crippen molar-refractivity contribution in [3.8, 4) is 0 Å². The van der Waals surface area contributed by atoms with Gasteiger partial charge in [-0.3, -0.25) is 0 Å². The lowest BCUT2D eigenvalue weighted by Gasteiger charge is -2.04. The molecule has 0 atom stereocenters. The Morgan fingerprint density at radius 2 is 1.75 bits per heavy atom. The summed E-state index contributed by atoms with van der Waals surface area (Å²) in [5, 5.41) is 0. The molecule has 0 saturated heterocycles. The van der Waals surface area contributed by atoms with Crippen molar-refractivity contribution in [3.05, 3.63) is 45.4 Å². The van der Waals surface area contributed by atoms with Crippen molar-refractivity contribution in [2.45, 2.75) is 0 Å². The molecule has 0 N–H and O–H groups in total. The van der Waals surface area contributed by atoms with Crippen LogP contribution in [0.2, 0.25) is 0 Å². The molecule has 0 radical (unpaired) electrons. The lowest BCUT2D eigenvalue weighted by atomic mass is 10.1. The van der Waals surface area contributed by atoms with Gasteiger partial charge in [0.1, 0.15) is 0 Å². The van der Waals surface area contributed by atoms with Gasteiger partial charge in [-0.15, -0.1) is 0 Å². The van der Waals surface area contributed by atoms with Crippen LogP contribution in [0.5, 0.6) is 0 Å². The van der Waals surface area contributed by atoms with Gasteiger partial charge in [0.05, 0.1) is 0 Å². The van der Waals surface area contributed by atoms with E-state index in [0.717, 1.165) is 20.1 Å².